The molecule has 1 saturated heterocycles. The van der Waals surface area contributed by atoms with Crippen molar-refractivity contribution >= 4 is 0 Å². The van der Waals surface area contributed by atoms with E-state index in [0.717, 1.165) is 5.56 Å². The molecule has 1 aliphatic heterocycles. The first-order valence-corrected chi connectivity index (χ1v) is 4.88. The SMILES string of the molecule is CNC(c1ccncc1)C1(C#N)COC1. The Morgan fingerprint density at radius 1 is 1.53 bits per heavy atom. The third-order valence-electron chi connectivity index (χ3n) is 2.82. The molecule has 0 aliphatic carbocycles. The highest BCUT2D eigenvalue weighted by Crippen LogP contribution is 2.39. The summed E-state index contributed by atoms with van der Waals surface area (Å²) in [6.45, 7) is 0.995. The van der Waals surface area contributed by atoms with Crippen molar-refractivity contribution in [3.05, 3.63) is 30.1 Å². The lowest BCUT2D eigenvalue weighted by atomic mass is 9.77. The molecule has 1 N–H and O–H groups in total. The Morgan fingerprint density at radius 2 is 2.20 bits per heavy atom. The highest BCUT2D eigenvalue weighted by Gasteiger charge is 2.46. The van der Waals surface area contributed by atoms with Gasteiger partial charge >= 0.3 is 0 Å². The molecule has 0 bridgehead atoms. The molecule has 1 fully saturated rings. The number of nitrogens with zero attached hydrogens (tertiary/aromatic N) is 2. The number of pyridine rings is 1. The van der Waals surface area contributed by atoms with Gasteiger partial charge in [-0.1, -0.05) is 0 Å². The van der Waals surface area contributed by atoms with E-state index in [1.807, 2.05) is 19.2 Å². The maximum Gasteiger partial charge on any atom is 0.123 e. The van der Waals surface area contributed by atoms with Gasteiger partial charge in [0.15, 0.2) is 0 Å². The zero-order chi connectivity index (χ0) is 10.7. The van der Waals surface area contributed by atoms with Gasteiger partial charge in [0.25, 0.3) is 0 Å². The van der Waals surface area contributed by atoms with Crippen LogP contribution in [0.25, 0.3) is 0 Å². The Hall–Kier alpha value is -1.44. The second kappa shape index (κ2) is 3.97. The zero-order valence-electron chi connectivity index (χ0n) is 8.60. The van der Waals surface area contributed by atoms with Crippen LogP contribution in [0.1, 0.15) is 11.6 Å². The van der Waals surface area contributed by atoms with Gasteiger partial charge in [0.05, 0.1) is 25.3 Å². The third-order valence-corrected chi connectivity index (χ3v) is 2.82. The summed E-state index contributed by atoms with van der Waals surface area (Å²) in [4.78, 5) is 3.97. The molecule has 4 heteroatoms. The molecular weight excluding hydrogens is 190 g/mol. The number of rotatable bonds is 3. The van der Waals surface area contributed by atoms with Crippen LogP contribution in [0.15, 0.2) is 24.5 Å². The second-order valence-electron chi connectivity index (χ2n) is 3.76. The average Bonchev–Trinajstić information content (AvgIpc) is 2.24. The van der Waals surface area contributed by atoms with Crippen LogP contribution in [-0.4, -0.2) is 25.2 Å². The number of ether oxygens (including phenoxy) is 1. The number of hydrogen-bond donors (Lipinski definition) is 1. The molecule has 1 aromatic heterocycles. The van der Waals surface area contributed by atoms with E-state index in [1.165, 1.54) is 0 Å². The van der Waals surface area contributed by atoms with Crippen LogP contribution >= 0.6 is 0 Å². The molecule has 1 unspecified atom stereocenters. The second-order valence-corrected chi connectivity index (χ2v) is 3.76. The quantitative estimate of drug-likeness (QED) is 0.792. The lowest BCUT2D eigenvalue weighted by molar-refractivity contribution is -0.0963. The highest BCUT2D eigenvalue weighted by molar-refractivity contribution is 5.24. The zero-order valence-corrected chi connectivity index (χ0v) is 8.60. The van der Waals surface area contributed by atoms with Gasteiger partial charge in [0, 0.05) is 12.4 Å². The molecular formula is C11H13N3O. The van der Waals surface area contributed by atoms with Gasteiger partial charge < -0.3 is 10.1 Å². The van der Waals surface area contributed by atoms with Gasteiger partial charge in [-0.3, -0.25) is 4.98 Å². The molecule has 15 heavy (non-hydrogen) atoms. The van der Waals surface area contributed by atoms with Crippen molar-refractivity contribution in [2.45, 2.75) is 6.04 Å². The van der Waals surface area contributed by atoms with Crippen LogP contribution in [0, 0.1) is 16.7 Å². The van der Waals surface area contributed by atoms with Crippen molar-refractivity contribution < 1.29 is 4.74 Å². The summed E-state index contributed by atoms with van der Waals surface area (Å²) >= 11 is 0. The van der Waals surface area contributed by atoms with Crippen molar-refractivity contribution in [2.75, 3.05) is 20.3 Å². The largest absolute Gasteiger partial charge is 0.378 e. The van der Waals surface area contributed by atoms with Gasteiger partial charge in [-0.05, 0) is 24.7 Å². The van der Waals surface area contributed by atoms with Crippen molar-refractivity contribution in [2.24, 2.45) is 5.41 Å². The van der Waals surface area contributed by atoms with Crippen LogP contribution in [0.2, 0.25) is 0 Å². The summed E-state index contributed by atoms with van der Waals surface area (Å²) in [6.07, 6.45) is 3.48. The minimum Gasteiger partial charge on any atom is -0.378 e. The van der Waals surface area contributed by atoms with Crippen LogP contribution < -0.4 is 5.32 Å². The first-order chi connectivity index (χ1) is 7.32. The van der Waals surface area contributed by atoms with E-state index in [9.17, 15) is 5.26 Å². The van der Waals surface area contributed by atoms with E-state index in [1.54, 1.807) is 12.4 Å². The first-order valence-electron chi connectivity index (χ1n) is 4.88. The number of aromatic nitrogens is 1. The van der Waals surface area contributed by atoms with Crippen LogP contribution in [-0.2, 0) is 4.74 Å². The summed E-state index contributed by atoms with van der Waals surface area (Å²) in [7, 11) is 1.86. The lowest BCUT2D eigenvalue weighted by Crippen LogP contribution is -2.50. The van der Waals surface area contributed by atoms with E-state index < -0.39 is 5.41 Å². The highest BCUT2D eigenvalue weighted by atomic mass is 16.5. The topological polar surface area (TPSA) is 57.9 Å². The molecule has 4 nitrogen and oxygen atoms in total. The van der Waals surface area contributed by atoms with Crippen LogP contribution in [0.4, 0.5) is 0 Å². The van der Waals surface area contributed by atoms with Gasteiger partial charge in [0.1, 0.15) is 5.41 Å². The molecule has 0 radical (unpaired) electrons. The fourth-order valence-corrected chi connectivity index (χ4v) is 1.94. The van der Waals surface area contributed by atoms with E-state index in [0.29, 0.717) is 13.2 Å². The lowest BCUT2D eigenvalue weighted by Gasteiger charge is -2.41. The minimum atomic E-state index is -0.421. The molecule has 1 aliphatic rings. The van der Waals surface area contributed by atoms with E-state index in [-0.39, 0.29) is 6.04 Å². The van der Waals surface area contributed by atoms with Crippen molar-refractivity contribution in [1.29, 1.82) is 5.26 Å². The molecule has 2 rings (SSSR count). The van der Waals surface area contributed by atoms with E-state index in [4.69, 9.17) is 4.74 Å². The molecule has 1 aromatic rings. The Bertz CT molecular complexity index is 367. The Labute approximate surface area is 88.9 Å². The molecule has 0 amide bonds. The summed E-state index contributed by atoms with van der Waals surface area (Å²) < 4.78 is 5.16. The molecule has 78 valence electrons. The van der Waals surface area contributed by atoms with Gasteiger partial charge in [-0.15, -0.1) is 0 Å². The molecule has 0 aromatic carbocycles. The fourth-order valence-electron chi connectivity index (χ4n) is 1.94. The Balaban J connectivity index is 2.29. The summed E-state index contributed by atoms with van der Waals surface area (Å²) in [5, 5.41) is 12.4. The van der Waals surface area contributed by atoms with Gasteiger partial charge in [-0.25, -0.2) is 0 Å². The fraction of sp³-hybridized carbons (Fsp3) is 0.455. The maximum absolute atomic E-state index is 9.21. The minimum absolute atomic E-state index is 0.0132. The summed E-state index contributed by atoms with van der Waals surface area (Å²) in [6, 6.07) is 6.23. The molecule has 1 atom stereocenters. The van der Waals surface area contributed by atoms with Gasteiger partial charge in [-0.2, -0.15) is 5.26 Å². The van der Waals surface area contributed by atoms with Crippen molar-refractivity contribution in [3.8, 4) is 6.07 Å². The predicted octanol–water partition coefficient (Wildman–Crippen LogP) is 0.882. The molecule has 0 saturated carbocycles. The van der Waals surface area contributed by atoms with Crippen molar-refractivity contribution in [3.63, 3.8) is 0 Å². The Morgan fingerprint density at radius 3 is 2.60 bits per heavy atom. The molecule has 0 spiro atoms. The number of nitriles is 1. The predicted molar refractivity (Wildman–Crippen MR) is 54.9 cm³/mol. The maximum atomic E-state index is 9.21. The van der Waals surface area contributed by atoms with Crippen molar-refractivity contribution in [1.82, 2.24) is 10.3 Å². The average molecular weight is 203 g/mol. The standard InChI is InChI=1S/C11H13N3O/c1-13-10(9-2-4-14-5-3-9)11(6-12)7-15-8-11/h2-5,10,13H,7-8H2,1H3. The van der Waals surface area contributed by atoms with E-state index >= 15 is 0 Å². The van der Waals surface area contributed by atoms with Gasteiger partial charge in [0.2, 0.25) is 0 Å². The Kier molecular flexibility index (Phi) is 2.67. The van der Waals surface area contributed by atoms with E-state index in [2.05, 4.69) is 16.4 Å². The monoisotopic (exact) mass is 203 g/mol. The summed E-state index contributed by atoms with van der Waals surface area (Å²) in [5.41, 5.74) is 0.660. The number of nitrogens with one attached hydrogen (secondary N) is 1. The molecule has 2 heterocycles. The first kappa shape index (κ1) is 10.1. The smallest absolute Gasteiger partial charge is 0.123 e. The normalized spacial score (nSPS) is 20.0. The van der Waals surface area contributed by atoms with Crippen LogP contribution in [0.5, 0.6) is 0 Å². The van der Waals surface area contributed by atoms with Crippen LogP contribution in [0.3, 0.4) is 0 Å². The summed E-state index contributed by atoms with van der Waals surface area (Å²) in [5.74, 6) is 0. The number of hydrogen-bond acceptors (Lipinski definition) is 4. The third kappa shape index (κ3) is 1.60.